The molecule has 3 N–H and O–H groups in total. The highest BCUT2D eigenvalue weighted by Gasteiger charge is 2.34. The topological polar surface area (TPSA) is 155 Å². The lowest BCUT2D eigenvalue weighted by molar-refractivity contribution is -0.125. The molecule has 2 heterocycles. The van der Waals surface area contributed by atoms with E-state index in [0.29, 0.717) is 36.4 Å². The highest BCUT2D eigenvalue weighted by atomic mass is 32.2. The number of anilines is 2. The molecule has 13 nitrogen and oxygen atoms in total. The average molecular weight is 785 g/mol. The summed E-state index contributed by atoms with van der Waals surface area (Å²) in [7, 11) is -2.69. The Morgan fingerprint density at radius 2 is 1.80 bits per heavy atom. The first kappa shape index (κ1) is 42.5. The molecule has 18 heteroatoms. The van der Waals surface area contributed by atoms with Gasteiger partial charge in [0, 0.05) is 50.9 Å². The van der Waals surface area contributed by atoms with Gasteiger partial charge in [-0.1, -0.05) is 12.1 Å². The summed E-state index contributed by atoms with van der Waals surface area (Å²) in [5.41, 5.74) is 1.13. The van der Waals surface area contributed by atoms with Gasteiger partial charge < -0.3 is 34.8 Å². The van der Waals surface area contributed by atoms with Crippen molar-refractivity contribution in [1.82, 2.24) is 19.7 Å². The highest BCUT2D eigenvalue weighted by Crippen LogP contribution is 2.29. The van der Waals surface area contributed by atoms with Gasteiger partial charge in [0.05, 0.1) is 29.2 Å². The third-order valence-corrected chi connectivity index (χ3v) is 10.9. The number of rotatable bonds is 10. The van der Waals surface area contributed by atoms with Crippen molar-refractivity contribution >= 4 is 33.3 Å². The third kappa shape index (κ3) is 11.6. The van der Waals surface area contributed by atoms with Crippen LogP contribution in [-0.2, 0) is 14.8 Å². The number of nitrogens with zero attached hydrogens (tertiary/aromatic N) is 3. The van der Waals surface area contributed by atoms with Crippen molar-refractivity contribution in [2.45, 2.75) is 83.2 Å². The van der Waals surface area contributed by atoms with E-state index in [-0.39, 0.29) is 54.2 Å². The van der Waals surface area contributed by atoms with Gasteiger partial charge >= 0.3 is 12.2 Å². The third-order valence-electron chi connectivity index (χ3n) is 9.04. The Morgan fingerprint density at radius 1 is 1.09 bits per heavy atom. The van der Waals surface area contributed by atoms with Crippen LogP contribution in [-0.4, -0.2) is 99.0 Å². The molecule has 0 radical (unpaired) electrons. The Morgan fingerprint density at radius 3 is 2.44 bits per heavy atom. The minimum atomic E-state index is -4.49. The molecule has 4 rings (SSSR count). The lowest BCUT2D eigenvalue weighted by Crippen LogP contribution is -2.50. The maximum atomic E-state index is 14.6. The molecule has 0 aliphatic carbocycles. The monoisotopic (exact) mass is 784 g/mol. The van der Waals surface area contributed by atoms with E-state index in [9.17, 15) is 35.6 Å². The molecule has 1 aromatic heterocycles. The number of benzene rings is 2. The van der Waals surface area contributed by atoms with Gasteiger partial charge in [-0.3, -0.25) is 4.79 Å². The van der Waals surface area contributed by atoms with Crippen molar-refractivity contribution < 1.29 is 49.6 Å². The number of ether oxygens (including phenoxy) is 2. The van der Waals surface area contributed by atoms with E-state index >= 15 is 0 Å². The molecular formula is C36H48F4N6O7S. The predicted octanol–water partition coefficient (Wildman–Crippen LogP) is 6.35. The van der Waals surface area contributed by atoms with Crippen molar-refractivity contribution in [3.05, 3.63) is 65.3 Å². The van der Waals surface area contributed by atoms with Gasteiger partial charge in [0.25, 0.3) is 5.91 Å². The molecule has 3 amide bonds. The van der Waals surface area contributed by atoms with Gasteiger partial charge in [0.2, 0.25) is 10.0 Å². The first-order valence-corrected chi connectivity index (χ1v) is 19.0. The van der Waals surface area contributed by atoms with Crippen molar-refractivity contribution in [1.29, 1.82) is 0 Å². The number of sulfonamides is 1. The van der Waals surface area contributed by atoms with Crippen molar-refractivity contribution in [3.8, 4) is 5.75 Å². The molecule has 3 aromatic rings. The summed E-state index contributed by atoms with van der Waals surface area (Å²) in [6, 6.07) is 7.55. The van der Waals surface area contributed by atoms with Gasteiger partial charge in [0.15, 0.2) is 5.76 Å². The smallest absolute Gasteiger partial charge is 0.401 e. The van der Waals surface area contributed by atoms with E-state index in [1.54, 1.807) is 39.8 Å². The molecule has 0 bridgehead atoms. The standard InChI is InChI=1S/C36H48F4N6O7S/c1-22-19-46(23(2)18-41-21-36(38,39)40)34(47)30-17-28(42-35(48)43-33-25(4)44-53-26(33)5)12-15-31(30)52-24(3)9-7-8-16-51-32(22)20-45(6)54(49,50)29-13-10-27(37)11-14-29/h10-15,17,22-24,32,41H,7-9,16,18-21H2,1-6H3,(H2,42,43,48)/t22-,23+,24+,32+/m1/s1. The summed E-state index contributed by atoms with van der Waals surface area (Å²) < 4.78 is 98.5. The number of halogens is 4. The zero-order valence-corrected chi connectivity index (χ0v) is 31.9. The van der Waals surface area contributed by atoms with E-state index < -0.39 is 58.6 Å². The second kappa shape index (κ2) is 18.4. The molecule has 4 atom stereocenters. The predicted molar refractivity (Wildman–Crippen MR) is 194 cm³/mol. The minimum absolute atomic E-state index is 0.0531. The van der Waals surface area contributed by atoms with E-state index in [1.807, 2.05) is 6.92 Å². The fraction of sp³-hybridized carbons (Fsp3) is 0.528. The molecule has 2 aromatic carbocycles. The number of nitrogens with one attached hydrogen (secondary N) is 3. The van der Waals surface area contributed by atoms with Crippen LogP contribution in [0, 0.1) is 25.6 Å². The van der Waals surface area contributed by atoms with Crippen molar-refractivity contribution in [2.75, 3.05) is 50.5 Å². The number of hydrogen-bond acceptors (Lipinski definition) is 9. The van der Waals surface area contributed by atoms with Crippen LogP contribution in [0.3, 0.4) is 0 Å². The lowest BCUT2D eigenvalue weighted by atomic mass is 10.0. The fourth-order valence-corrected chi connectivity index (χ4v) is 7.16. The minimum Gasteiger partial charge on any atom is -0.490 e. The number of urea groups is 1. The molecule has 0 fully saturated rings. The zero-order chi connectivity index (χ0) is 39.8. The van der Waals surface area contributed by atoms with E-state index in [4.69, 9.17) is 14.0 Å². The number of fused-ring (bicyclic) bond motifs is 1. The maximum absolute atomic E-state index is 14.6. The average Bonchev–Trinajstić information content (AvgIpc) is 3.41. The number of carbonyl (C=O) groups is 2. The number of alkyl halides is 3. The van der Waals surface area contributed by atoms with Gasteiger partial charge in [-0.05, 0) is 89.4 Å². The summed E-state index contributed by atoms with van der Waals surface area (Å²) >= 11 is 0. The van der Waals surface area contributed by atoms with Gasteiger partial charge in [-0.15, -0.1) is 0 Å². The van der Waals surface area contributed by atoms with Crippen molar-refractivity contribution in [2.24, 2.45) is 5.92 Å². The van der Waals surface area contributed by atoms with E-state index in [1.165, 1.54) is 30.1 Å². The molecule has 1 aliphatic rings. The fourth-order valence-electron chi connectivity index (χ4n) is 5.97. The van der Waals surface area contributed by atoms with Gasteiger partial charge in [0.1, 0.15) is 22.9 Å². The lowest BCUT2D eigenvalue weighted by Gasteiger charge is -2.36. The first-order chi connectivity index (χ1) is 25.4. The Balaban J connectivity index is 1.68. The van der Waals surface area contributed by atoms with E-state index in [2.05, 4.69) is 21.1 Å². The first-order valence-electron chi connectivity index (χ1n) is 17.6. The molecule has 0 spiro atoms. The molecule has 298 valence electrons. The second-order valence-corrected chi connectivity index (χ2v) is 15.6. The van der Waals surface area contributed by atoms with Crippen LogP contribution in [0.5, 0.6) is 5.75 Å². The molecule has 0 saturated heterocycles. The number of hydrogen-bond donors (Lipinski definition) is 3. The maximum Gasteiger partial charge on any atom is 0.401 e. The summed E-state index contributed by atoms with van der Waals surface area (Å²) in [5, 5.41) is 11.6. The number of aryl methyl sites for hydroxylation is 2. The Kier molecular flexibility index (Phi) is 14.5. The summed E-state index contributed by atoms with van der Waals surface area (Å²) in [6.07, 6.45) is -3.73. The highest BCUT2D eigenvalue weighted by molar-refractivity contribution is 7.89. The molecular weight excluding hydrogens is 736 g/mol. The molecule has 54 heavy (non-hydrogen) atoms. The molecule has 0 saturated carbocycles. The molecule has 0 unspecified atom stereocenters. The van der Waals surface area contributed by atoms with Crippen LogP contribution in [0.2, 0.25) is 0 Å². The van der Waals surface area contributed by atoms with Crippen LogP contribution >= 0.6 is 0 Å². The largest absolute Gasteiger partial charge is 0.490 e. The number of amides is 3. The summed E-state index contributed by atoms with van der Waals surface area (Å²) in [6.45, 7) is 7.07. The van der Waals surface area contributed by atoms with E-state index in [0.717, 1.165) is 16.4 Å². The normalized spacial score (nSPS) is 19.8. The number of aromatic nitrogens is 1. The SMILES string of the molecule is Cc1noc(C)c1NC(=O)Nc1ccc2c(c1)C(=O)N([C@@H](C)CNCC(F)(F)F)C[C@@H](C)[C@H](CN(C)S(=O)(=O)c1ccc(F)cc1)OCCCC[C@H](C)O2. The van der Waals surface area contributed by atoms with Gasteiger partial charge in [-0.25, -0.2) is 17.6 Å². The summed E-state index contributed by atoms with van der Waals surface area (Å²) in [4.78, 5) is 28.9. The van der Waals surface area contributed by atoms with Crippen LogP contribution in [0.25, 0.3) is 0 Å². The Labute approximate surface area is 312 Å². The number of likely N-dealkylation sites (N-methyl/N-ethyl adjacent to an activating group) is 1. The quantitative estimate of drug-likeness (QED) is 0.200. The van der Waals surface area contributed by atoms with Gasteiger partial charge in [-0.2, -0.15) is 17.5 Å². The van der Waals surface area contributed by atoms with Crippen LogP contribution in [0.1, 0.15) is 61.8 Å². The van der Waals surface area contributed by atoms with Crippen molar-refractivity contribution in [3.63, 3.8) is 0 Å². The van der Waals surface area contributed by atoms with Crippen LogP contribution in [0.4, 0.5) is 33.7 Å². The number of carbonyl (C=O) groups excluding carboxylic acids is 2. The molecule has 1 aliphatic heterocycles. The zero-order valence-electron chi connectivity index (χ0n) is 31.1. The van der Waals surface area contributed by atoms with Crippen LogP contribution in [0.15, 0.2) is 51.9 Å². The Hall–Kier alpha value is -4.26. The second-order valence-electron chi connectivity index (χ2n) is 13.6. The van der Waals surface area contributed by atoms with Crippen LogP contribution < -0.4 is 20.7 Å². The summed E-state index contributed by atoms with van der Waals surface area (Å²) in [5.74, 6) is -1.12. The Bertz CT molecular complexity index is 1820.